The molecule has 0 spiro atoms. The van der Waals surface area contributed by atoms with Crippen LogP contribution in [0.5, 0.6) is 0 Å². The predicted octanol–water partition coefficient (Wildman–Crippen LogP) is 2.37. The summed E-state index contributed by atoms with van der Waals surface area (Å²) < 4.78 is 0. The summed E-state index contributed by atoms with van der Waals surface area (Å²) in [4.78, 5) is 38.0. The number of unbranched alkanes of at least 4 members (excludes halogenated alkanes) is 3. The SMILES string of the molecule is CCCCCC(=O)NC[C@H](NC(=O)c1ccc(CCCC)cc1)C(=O)N[C@@H](CC(C)C)B(O)O. The Morgan fingerprint density at radius 2 is 1.59 bits per heavy atom. The van der Waals surface area contributed by atoms with Crippen molar-refractivity contribution >= 4 is 24.8 Å². The van der Waals surface area contributed by atoms with Crippen LogP contribution in [0, 0.1) is 5.92 Å². The van der Waals surface area contributed by atoms with Crippen molar-refractivity contribution in [2.24, 2.45) is 5.92 Å². The third-order valence-corrected chi connectivity index (χ3v) is 5.58. The summed E-state index contributed by atoms with van der Waals surface area (Å²) in [7, 11) is -1.73. The monoisotopic (exact) mass is 475 g/mol. The van der Waals surface area contributed by atoms with Crippen LogP contribution in [0.3, 0.4) is 0 Å². The second kappa shape index (κ2) is 16.3. The number of carbonyl (C=O) groups excluding carboxylic acids is 3. The molecule has 0 unspecified atom stereocenters. The van der Waals surface area contributed by atoms with E-state index in [2.05, 4.69) is 22.9 Å². The van der Waals surface area contributed by atoms with Crippen LogP contribution in [0.25, 0.3) is 0 Å². The molecule has 34 heavy (non-hydrogen) atoms. The van der Waals surface area contributed by atoms with Crippen molar-refractivity contribution in [2.45, 2.75) is 91.0 Å². The number of hydrogen-bond donors (Lipinski definition) is 5. The van der Waals surface area contributed by atoms with E-state index in [0.717, 1.165) is 44.1 Å². The first kappa shape index (κ1) is 29.6. The van der Waals surface area contributed by atoms with Crippen LogP contribution in [-0.4, -0.2) is 53.4 Å². The lowest BCUT2D eigenvalue weighted by molar-refractivity contribution is -0.124. The van der Waals surface area contributed by atoms with Crippen LogP contribution < -0.4 is 16.0 Å². The smallest absolute Gasteiger partial charge is 0.426 e. The maximum Gasteiger partial charge on any atom is 0.475 e. The van der Waals surface area contributed by atoms with Gasteiger partial charge in [-0.25, -0.2) is 0 Å². The van der Waals surface area contributed by atoms with Gasteiger partial charge in [0.05, 0.1) is 5.94 Å². The van der Waals surface area contributed by atoms with E-state index in [-0.39, 0.29) is 18.4 Å². The molecule has 8 nitrogen and oxygen atoms in total. The molecule has 1 aromatic rings. The van der Waals surface area contributed by atoms with Gasteiger partial charge in [-0.1, -0.05) is 59.1 Å². The molecular weight excluding hydrogens is 433 g/mol. The van der Waals surface area contributed by atoms with Gasteiger partial charge in [-0.15, -0.1) is 0 Å². The maximum absolute atomic E-state index is 13.0. The highest BCUT2D eigenvalue weighted by Crippen LogP contribution is 2.09. The van der Waals surface area contributed by atoms with Crippen molar-refractivity contribution in [3.63, 3.8) is 0 Å². The summed E-state index contributed by atoms with van der Waals surface area (Å²) in [5.74, 6) is -1.98. The Hall–Kier alpha value is -2.39. The van der Waals surface area contributed by atoms with E-state index in [9.17, 15) is 24.4 Å². The van der Waals surface area contributed by atoms with Gasteiger partial charge in [0.15, 0.2) is 0 Å². The third-order valence-electron chi connectivity index (χ3n) is 5.58. The van der Waals surface area contributed by atoms with Crippen LogP contribution in [0.15, 0.2) is 24.3 Å². The Morgan fingerprint density at radius 1 is 0.941 bits per heavy atom. The van der Waals surface area contributed by atoms with Gasteiger partial charge in [-0.3, -0.25) is 14.4 Å². The standard InChI is InChI=1S/C25H42BN3O5/c1-5-7-9-11-23(30)27-17-21(25(32)29-22(26(33)34)16-18(3)4)28-24(31)20-14-12-19(13-15-20)10-8-6-2/h12-15,18,21-22,33-34H,5-11,16-17H2,1-4H3,(H,27,30)(H,28,31)(H,29,32)/t21-,22-/m0/s1. The quantitative estimate of drug-likeness (QED) is 0.185. The molecule has 190 valence electrons. The molecule has 2 atom stereocenters. The summed E-state index contributed by atoms with van der Waals surface area (Å²) in [6.45, 7) is 7.89. The van der Waals surface area contributed by atoms with Crippen LogP contribution >= 0.6 is 0 Å². The molecule has 0 bridgehead atoms. The van der Waals surface area contributed by atoms with Gasteiger partial charge in [0, 0.05) is 18.5 Å². The summed E-state index contributed by atoms with van der Waals surface area (Å²) in [5, 5.41) is 27.3. The van der Waals surface area contributed by atoms with Crippen molar-refractivity contribution in [1.82, 2.24) is 16.0 Å². The number of aryl methyl sites for hydroxylation is 1. The molecule has 0 aliphatic heterocycles. The first-order valence-electron chi connectivity index (χ1n) is 12.5. The average molecular weight is 475 g/mol. The average Bonchev–Trinajstić information content (AvgIpc) is 2.79. The van der Waals surface area contributed by atoms with Crippen LogP contribution in [-0.2, 0) is 16.0 Å². The van der Waals surface area contributed by atoms with Crippen molar-refractivity contribution in [1.29, 1.82) is 0 Å². The first-order valence-corrected chi connectivity index (χ1v) is 12.5. The second-order valence-electron chi connectivity index (χ2n) is 9.25. The van der Waals surface area contributed by atoms with Crippen LogP contribution in [0.4, 0.5) is 0 Å². The number of carbonyl (C=O) groups is 3. The van der Waals surface area contributed by atoms with E-state index >= 15 is 0 Å². The van der Waals surface area contributed by atoms with E-state index < -0.39 is 30.9 Å². The van der Waals surface area contributed by atoms with Gasteiger partial charge in [-0.2, -0.15) is 0 Å². The van der Waals surface area contributed by atoms with E-state index in [1.165, 1.54) is 0 Å². The van der Waals surface area contributed by atoms with Crippen molar-refractivity contribution < 1.29 is 24.4 Å². The maximum atomic E-state index is 13.0. The fraction of sp³-hybridized carbons (Fsp3) is 0.640. The molecule has 1 rings (SSSR count). The normalized spacial score (nSPS) is 12.7. The minimum atomic E-state index is -1.73. The third kappa shape index (κ3) is 11.7. The van der Waals surface area contributed by atoms with Gasteiger partial charge >= 0.3 is 7.12 Å². The molecule has 5 N–H and O–H groups in total. The Bertz CT molecular complexity index is 755. The molecular formula is C25H42BN3O5. The van der Waals surface area contributed by atoms with Gasteiger partial charge in [0.1, 0.15) is 6.04 Å². The van der Waals surface area contributed by atoms with Crippen molar-refractivity contribution in [3.05, 3.63) is 35.4 Å². The molecule has 0 aromatic heterocycles. The fourth-order valence-corrected chi connectivity index (χ4v) is 3.54. The highest BCUT2D eigenvalue weighted by atomic mass is 16.4. The summed E-state index contributed by atoms with van der Waals surface area (Å²) >= 11 is 0. The topological polar surface area (TPSA) is 128 Å². The largest absolute Gasteiger partial charge is 0.475 e. The van der Waals surface area contributed by atoms with Crippen molar-refractivity contribution in [2.75, 3.05) is 6.54 Å². The molecule has 3 amide bonds. The van der Waals surface area contributed by atoms with E-state index in [4.69, 9.17) is 0 Å². The second-order valence-corrected chi connectivity index (χ2v) is 9.25. The number of amides is 3. The molecule has 0 radical (unpaired) electrons. The van der Waals surface area contributed by atoms with Gasteiger partial charge < -0.3 is 26.0 Å². The van der Waals surface area contributed by atoms with E-state index in [0.29, 0.717) is 18.4 Å². The molecule has 0 saturated heterocycles. The molecule has 0 aliphatic carbocycles. The molecule has 0 aliphatic rings. The van der Waals surface area contributed by atoms with E-state index in [1.54, 1.807) is 12.1 Å². The van der Waals surface area contributed by atoms with Gasteiger partial charge in [0.2, 0.25) is 11.8 Å². The Morgan fingerprint density at radius 3 is 2.15 bits per heavy atom. The number of nitrogens with one attached hydrogen (secondary N) is 3. The fourth-order valence-electron chi connectivity index (χ4n) is 3.54. The number of benzene rings is 1. The minimum absolute atomic E-state index is 0.0902. The summed E-state index contributed by atoms with van der Waals surface area (Å²) in [5.41, 5.74) is 1.55. The predicted molar refractivity (Wildman–Crippen MR) is 135 cm³/mol. The van der Waals surface area contributed by atoms with Crippen LogP contribution in [0.2, 0.25) is 0 Å². The minimum Gasteiger partial charge on any atom is -0.426 e. The lowest BCUT2D eigenvalue weighted by Crippen LogP contribution is -2.57. The van der Waals surface area contributed by atoms with E-state index in [1.807, 2.05) is 32.9 Å². The lowest BCUT2D eigenvalue weighted by atomic mass is 9.75. The highest BCUT2D eigenvalue weighted by Gasteiger charge is 2.30. The molecule has 9 heteroatoms. The Labute approximate surface area is 204 Å². The molecule has 0 fully saturated rings. The zero-order chi connectivity index (χ0) is 25.5. The zero-order valence-electron chi connectivity index (χ0n) is 21.1. The lowest BCUT2D eigenvalue weighted by Gasteiger charge is -2.24. The number of rotatable bonds is 16. The molecule has 0 heterocycles. The molecule has 0 saturated carbocycles. The number of hydrogen-bond acceptors (Lipinski definition) is 5. The molecule has 1 aromatic carbocycles. The zero-order valence-corrected chi connectivity index (χ0v) is 21.1. The van der Waals surface area contributed by atoms with Crippen molar-refractivity contribution in [3.8, 4) is 0 Å². The first-order chi connectivity index (χ1) is 16.2. The summed E-state index contributed by atoms with van der Waals surface area (Å²) in [6, 6.07) is 6.18. The summed E-state index contributed by atoms with van der Waals surface area (Å²) in [6.07, 6.45) is 6.48. The Kier molecular flexibility index (Phi) is 14.2. The van der Waals surface area contributed by atoms with Crippen LogP contribution in [0.1, 0.15) is 88.6 Å². The van der Waals surface area contributed by atoms with Gasteiger partial charge in [-0.05, 0) is 49.3 Å². The highest BCUT2D eigenvalue weighted by molar-refractivity contribution is 6.43. The Balaban J connectivity index is 2.89. The van der Waals surface area contributed by atoms with Gasteiger partial charge in [0.25, 0.3) is 5.91 Å².